The zero-order chi connectivity index (χ0) is 17.2. The Labute approximate surface area is 141 Å². The van der Waals surface area contributed by atoms with Gasteiger partial charge in [-0.3, -0.25) is 14.9 Å². The van der Waals surface area contributed by atoms with E-state index in [2.05, 4.69) is 5.32 Å². The van der Waals surface area contributed by atoms with Crippen LogP contribution in [0.2, 0.25) is 0 Å². The van der Waals surface area contributed by atoms with Crippen molar-refractivity contribution in [2.75, 3.05) is 13.1 Å². The zero-order valence-corrected chi connectivity index (χ0v) is 13.9. The van der Waals surface area contributed by atoms with Crippen molar-refractivity contribution in [1.82, 2.24) is 10.2 Å². The number of piperazine rings is 1. The molecule has 0 saturated carbocycles. The Balaban J connectivity index is 1.72. The van der Waals surface area contributed by atoms with E-state index in [1.165, 1.54) is 6.07 Å². The second-order valence-electron chi connectivity index (χ2n) is 6.71. The van der Waals surface area contributed by atoms with Gasteiger partial charge in [0.25, 0.3) is 5.69 Å². The van der Waals surface area contributed by atoms with Gasteiger partial charge in [-0.25, -0.2) is 0 Å². The standard InChI is InChI=1S/C18H23N3O3/c1-2-17(22)20-12-15-9-11-18(13-20,19-15)10-5-7-14-6-3-4-8-16(14)21(23)24/h3-8,15,19H,2,9-13H2,1H3. The SMILES string of the molecule is CCC(=O)N1CC2CCC(CC=Cc3ccccc3[N+](=O)[O-])(C1)N2. The lowest BCUT2D eigenvalue weighted by Crippen LogP contribution is -2.60. The number of amides is 1. The van der Waals surface area contributed by atoms with Gasteiger partial charge in [0.2, 0.25) is 5.91 Å². The van der Waals surface area contributed by atoms with Crippen LogP contribution in [-0.4, -0.2) is 40.4 Å². The van der Waals surface area contributed by atoms with Gasteiger partial charge in [0, 0.05) is 37.2 Å². The summed E-state index contributed by atoms with van der Waals surface area (Å²) in [6.45, 7) is 3.41. The number of benzene rings is 1. The lowest BCUT2D eigenvalue weighted by molar-refractivity contribution is -0.385. The minimum absolute atomic E-state index is 0.0895. The summed E-state index contributed by atoms with van der Waals surface area (Å²) < 4.78 is 0. The number of fused-ring (bicyclic) bond motifs is 2. The second kappa shape index (κ2) is 6.73. The van der Waals surface area contributed by atoms with Crippen molar-refractivity contribution in [3.05, 3.63) is 46.0 Å². The van der Waals surface area contributed by atoms with Gasteiger partial charge in [0.1, 0.15) is 0 Å². The molecule has 1 N–H and O–H groups in total. The van der Waals surface area contributed by atoms with Crippen molar-refractivity contribution in [2.24, 2.45) is 0 Å². The van der Waals surface area contributed by atoms with Gasteiger partial charge in [-0.15, -0.1) is 0 Å². The number of carbonyl (C=O) groups is 1. The molecule has 2 aliphatic rings. The van der Waals surface area contributed by atoms with E-state index in [-0.39, 0.29) is 22.1 Å². The minimum Gasteiger partial charge on any atom is -0.339 e. The normalized spacial score (nSPS) is 26.0. The molecule has 2 atom stereocenters. The van der Waals surface area contributed by atoms with E-state index in [0.29, 0.717) is 18.0 Å². The highest BCUT2D eigenvalue weighted by molar-refractivity contribution is 5.76. The van der Waals surface area contributed by atoms with E-state index in [1.54, 1.807) is 18.2 Å². The summed E-state index contributed by atoms with van der Waals surface area (Å²) >= 11 is 0. The lowest BCUT2D eigenvalue weighted by Gasteiger charge is -2.41. The molecule has 24 heavy (non-hydrogen) atoms. The number of likely N-dealkylation sites (tertiary alicyclic amines) is 1. The third kappa shape index (κ3) is 3.33. The van der Waals surface area contributed by atoms with Crippen molar-refractivity contribution in [3.8, 4) is 0 Å². The van der Waals surface area contributed by atoms with Gasteiger partial charge in [0.05, 0.1) is 10.5 Å². The average molecular weight is 329 g/mol. The molecule has 2 unspecified atom stereocenters. The molecule has 0 radical (unpaired) electrons. The van der Waals surface area contributed by atoms with E-state index < -0.39 is 0 Å². The summed E-state index contributed by atoms with van der Waals surface area (Å²) in [4.78, 5) is 24.7. The molecule has 2 aliphatic heterocycles. The highest BCUT2D eigenvalue weighted by atomic mass is 16.6. The van der Waals surface area contributed by atoms with Crippen LogP contribution in [0.3, 0.4) is 0 Å². The summed E-state index contributed by atoms with van der Waals surface area (Å²) in [6, 6.07) is 7.12. The molecule has 2 fully saturated rings. The largest absolute Gasteiger partial charge is 0.339 e. The van der Waals surface area contributed by atoms with Crippen molar-refractivity contribution in [3.63, 3.8) is 0 Å². The minimum atomic E-state index is -0.357. The van der Waals surface area contributed by atoms with Crippen molar-refractivity contribution >= 4 is 17.7 Å². The molecular formula is C18H23N3O3. The first-order valence-corrected chi connectivity index (χ1v) is 8.48. The fourth-order valence-electron chi connectivity index (χ4n) is 3.83. The van der Waals surface area contributed by atoms with E-state index in [4.69, 9.17) is 0 Å². The molecule has 3 rings (SSSR count). The molecule has 6 heteroatoms. The molecule has 0 spiro atoms. The van der Waals surface area contributed by atoms with E-state index in [9.17, 15) is 14.9 Å². The maximum Gasteiger partial charge on any atom is 0.276 e. The van der Waals surface area contributed by atoms with Crippen molar-refractivity contribution in [1.29, 1.82) is 0 Å². The smallest absolute Gasteiger partial charge is 0.276 e. The Bertz CT molecular complexity index is 673. The Morgan fingerprint density at radius 1 is 1.50 bits per heavy atom. The van der Waals surface area contributed by atoms with E-state index in [1.807, 2.05) is 24.0 Å². The molecule has 1 aromatic rings. The maximum absolute atomic E-state index is 12.0. The van der Waals surface area contributed by atoms with Crippen LogP contribution >= 0.6 is 0 Å². The molecule has 0 aromatic heterocycles. The van der Waals surface area contributed by atoms with Crippen molar-refractivity contribution in [2.45, 2.75) is 44.2 Å². The Morgan fingerprint density at radius 2 is 2.29 bits per heavy atom. The molecule has 2 saturated heterocycles. The van der Waals surface area contributed by atoms with E-state index >= 15 is 0 Å². The Hall–Kier alpha value is -2.21. The number of hydrogen-bond donors (Lipinski definition) is 1. The maximum atomic E-state index is 12.0. The van der Waals surface area contributed by atoms with Crippen molar-refractivity contribution < 1.29 is 9.72 Å². The number of rotatable bonds is 5. The van der Waals surface area contributed by atoms with Gasteiger partial charge in [0.15, 0.2) is 0 Å². The van der Waals surface area contributed by atoms with Gasteiger partial charge in [-0.2, -0.15) is 0 Å². The molecule has 128 valence electrons. The monoisotopic (exact) mass is 329 g/mol. The fraction of sp³-hybridized carbons (Fsp3) is 0.500. The molecular weight excluding hydrogens is 306 g/mol. The first-order valence-electron chi connectivity index (χ1n) is 8.48. The van der Waals surface area contributed by atoms with Gasteiger partial charge in [-0.05, 0) is 25.3 Å². The Morgan fingerprint density at radius 3 is 3.04 bits per heavy atom. The van der Waals surface area contributed by atoms with Crippen LogP contribution in [0.4, 0.5) is 5.69 Å². The molecule has 2 heterocycles. The summed E-state index contributed by atoms with van der Waals surface area (Å²) in [5.74, 6) is 0.204. The van der Waals surface area contributed by atoms with Crippen LogP contribution in [0.15, 0.2) is 30.3 Å². The topological polar surface area (TPSA) is 75.5 Å². The van der Waals surface area contributed by atoms with Gasteiger partial charge in [-0.1, -0.05) is 31.2 Å². The fourth-order valence-corrected chi connectivity index (χ4v) is 3.83. The third-order valence-electron chi connectivity index (χ3n) is 5.01. The molecule has 6 nitrogen and oxygen atoms in total. The zero-order valence-electron chi connectivity index (χ0n) is 13.9. The average Bonchev–Trinajstić information content (AvgIpc) is 2.88. The number of nitro benzene ring substituents is 1. The first-order chi connectivity index (χ1) is 11.5. The highest BCUT2D eigenvalue weighted by Crippen LogP contribution is 2.33. The van der Waals surface area contributed by atoms with Crippen LogP contribution in [0.5, 0.6) is 0 Å². The number of nitrogens with one attached hydrogen (secondary N) is 1. The van der Waals surface area contributed by atoms with Crippen LogP contribution in [0.25, 0.3) is 6.08 Å². The number of hydrogen-bond acceptors (Lipinski definition) is 4. The number of nitrogens with zero attached hydrogens (tertiary/aromatic N) is 2. The van der Waals surface area contributed by atoms with Gasteiger partial charge < -0.3 is 10.2 Å². The van der Waals surface area contributed by atoms with E-state index in [0.717, 1.165) is 32.4 Å². The Kier molecular flexibility index (Phi) is 4.66. The molecule has 2 bridgehead atoms. The predicted octanol–water partition coefficient (Wildman–Crippen LogP) is 2.74. The lowest BCUT2D eigenvalue weighted by atomic mass is 9.92. The highest BCUT2D eigenvalue weighted by Gasteiger charge is 2.44. The third-order valence-corrected chi connectivity index (χ3v) is 5.01. The predicted molar refractivity (Wildman–Crippen MR) is 92.5 cm³/mol. The first kappa shape index (κ1) is 16.6. The second-order valence-corrected chi connectivity index (χ2v) is 6.71. The number of para-hydroxylation sites is 1. The number of nitro groups is 1. The quantitative estimate of drug-likeness (QED) is 0.666. The summed E-state index contributed by atoms with van der Waals surface area (Å²) in [5.41, 5.74) is 0.647. The van der Waals surface area contributed by atoms with Crippen LogP contribution in [0.1, 0.15) is 38.2 Å². The molecule has 1 amide bonds. The summed E-state index contributed by atoms with van der Waals surface area (Å²) in [7, 11) is 0. The number of carbonyl (C=O) groups excluding carboxylic acids is 1. The van der Waals surface area contributed by atoms with Crippen LogP contribution < -0.4 is 5.32 Å². The molecule has 0 aliphatic carbocycles. The summed E-state index contributed by atoms with van der Waals surface area (Å²) in [6.07, 6.45) is 7.23. The van der Waals surface area contributed by atoms with Crippen LogP contribution in [-0.2, 0) is 4.79 Å². The van der Waals surface area contributed by atoms with Gasteiger partial charge >= 0.3 is 0 Å². The summed E-state index contributed by atoms with van der Waals surface area (Å²) in [5, 5.41) is 14.7. The molecule has 1 aromatic carbocycles. The van der Waals surface area contributed by atoms with Crippen LogP contribution in [0, 0.1) is 10.1 Å².